The quantitative estimate of drug-likeness (QED) is 0.399. The molecule has 0 bridgehead atoms. The van der Waals surface area contributed by atoms with Crippen molar-refractivity contribution in [3.8, 4) is 5.75 Å². The van der Waals surface area contributed by atoms with Gasteiger partial charge in [0.1, 0.15) is 5.75 Å². The summed E-state index contributed by atoms with van der Waals surface area (Å²) in [5, 5.41) is 3.65. The van der Waals surface area contributed by atoms with E-state index in [1.54, 1.807) is 7.11 Å². The summed E-state index contributed by atoms with van der Waals surface area (Å²) in [6, 6.07) is 28.3. The van der Waals surface area contributed by atoms with Crippen molar-refractivity contribution in [3.05, 3.63) is 101 Å². The fraction of sp³-hybridized carbons (Fsp3) is 0.333. The van der Waals surface area contributed by atoms with Crippen molar-refractivity contribution in [1.82, 2.24) is 5.32 Å². The van der Waals surface area contributed by atoms with E-state index in [9.17, 15) is 0 Å². The lowest BCUT2D eigenvalue weighted by molar-refractivity contribution is 0.414. The molecule has 0 heterocycles. The van der Waals surface area contributed by atoms with Gasteiger partial charge in [0.05, 0.1) is 7.11 Å². The van der Waals surface area contributed by atoms with Crippen LogP contribution in [0.25, 0.3) is 0 Å². The van der Waals surface area contributed by atoms with Crippen molar-refractivity contribution in [2.45, 2.75) is 38.5 Å². The first-order valence-electron chi connectivity index (χ1n) is 10.7. The molecule has 2 nitrogen and oxygen atoms in total. The van der Waals surface area contributed by atoms with Gasteiger partial charge in [0, 0.05) is 5.92 Å². The topological polar surface area (TPSA) is 21.3 Å². The van der Waals surface area contributed by atoms with Crippen molar-refractivity contribution in [2.24, 2.45) is 0 Å². The normalized spacial score (nSPS) is 11.9. The van der Waals surface area contributed by atoms with Crippen LogP contribution in [-0.4, -0.2) is 20.2 Å². The van der Waals surface area contributed by atoms with E-state index >= 15 is 0 Å². The molecule has 1 N–H and O–H groups in total. The van der Waals surface area contributed by atoms with Crippen molar-refractivity contribution in [1.29, 1.82) is 0 Å². The molecule has 29 heavy (non-hydrogen) atoms. The molecule has 0 aliphatic carbocycles. The van der Waals surface area contributed by atoms with Gasteiger partial charge in [-0.1, -0.05) is 72.3 Å². The van der Waals surface area contributed by atoms with Crippen LogP contribution in [0.3, 0.4) is 0 Å². The number of hydrogen-bond acceptors (Lipinski definition) is 2. The lowest BCUT2D eigenvalue weighted by Crippen LogP contribution is -2.19. The molecular formula is C27H33NO. The van der Waals surface area contributed by atoms with Crippen LogP contribution in [-0.2, 0) is 6.42 Å². The average molecular weight is 388 g/mol. The Morgan fingerprint density at radius 1 is 0.759 bits per heavy atom. The lowest BCUT2D eigenvalue weighted by atomic mass is 9.88. The third-order valence-corrected chi connectivity index (χ3v) is 5.52. The smallest absolute Gasteiger partial charge is 0.118 e. The van der Waals surface area contributed by atoms with Crippen LogP contribution in [0.1, 0.15) is 47.4 Å². The highest BCUT2D eigenvalue weighted by molar-refractivity contribution is 5.34. The average Bonchev–Trinajstić information content (AvgIpc) is 2.77. The molecule has 0 saturated carbocycles. The molecule has 152 valence electrons. The van der Waals surface area contributed by atoms with Crippen molar-refractivity contribution >= 4 is 0 Å². The van der Waals surface area contributed by atoms with Crippen LogP contribution in [0.4, 0.5) is 0 Å². The molecule has 1 unspecified atom stereocenters. The van der Waals surface area contributed by atoms with Gasteiger partial charge in [0.2, 0.25) is 0 Å². The second-order valence-electron chi connectivity index (χ2n) is 7.72. The summed E-state index contributed by atoms with van der Waals surface area (Å²) in [6.07, 6.45) is 4.65. The van der Waals surface area contributed by atoms with E-state index in [0.29, 0.717) is 5.92 Å². The number of nitrogens with one attached hydrogen (secondary N) is 1. The standard InChI is InChI=1S/C27H33NO/c1-22-11-15-25(16-12-22)27(24-9-4-3-5-10-24)19-21-28-20-7-6-8-23-13-17-26(29-2)18-14-23/h3-5,9-18,27-28H,6-8,19-21H2,1-2H3. The Hall–Kier alpha value is -2.58. The Morgan fingerprint density at radius 3 is 2.14 bits per heavy atom. The Kier molecular flexibility index (Phi) is 8.33. The summed E-state index contributed by atoms with van der Waals surface area (Å²) in [7, 11) is 1.71. The fourth-order valence-corrected chi connectivity index (χ4v) is 3.75. The molecule has 0 amide bonds. The molecule has 0 radical (unpaired) electrons. The van der Waals surface area contributed by atoms with E-state index in [-0.39, 0.29) is 0 Å². The van der Waals surface area contributed by atoms with Gasteiger partial charge in [-0.15, -0.1) is 0 Å². The van der Waals surface area contributed by atoms with E-state index in [1.807, 2.05) is 12.1 Å². The zero-order chi connectivity index (χ0) is 20.3. The third-order valence-electron chi connectivity index (χ3n) is 5.52. The predicted molar refractivity (Wildman–Crippen MR) is 123 cm³/mol. The van der Waals surface area contributed by atoms with E-state index in [2.05, 4.69) is 79.0 Å². The molecular weight excluding hydrogens is 354 g/mol. The largest absolute Gasteiger partial charge is 0.497 e. The van der Waals surface area contributed by atoms with E-state index in [1.165, 1.54) is 35.1 Å². The molecule has 0 aromatic heterocycles. The van der Waals surface area contributed by atoms with Crippen LogP contribution < -0.4 is 10.1 Å². The monoisotopic (exact) mass is 387 g/mol. The molecule has 1 atom stereocenters. The van der Waals surface area contributed by atoms with Gasteiger partial charge >= 0.3 is 0 Å². The number of benzene rings is 3. The van der Waals surface area contributed by atoms with E-state index < -0.39 is 0 Å². The van der Waals surface area contributed by atoms with Gasteiger partial charge in [-0.25, -0.2) is 0 Å². The summed E-state index contributed by atoms with van der Waals surface area (Å²) >= 11 is 0. The number of ether oxygens (including phenoxy) is 1. The summed E-state index contributed by atoms with van der Waals surface area (Å²) in [5.41, 5.74) is 5.51. The summed E-state index contributed by atoms with van der Waals surface area (Å²) < 4.78 is 5.22. The van der Waals surface area contributed by atoms with Gasteiger partial charge in [-0.2, -0.15) is 0 Å². The Bertz CT molecular complexity index is 825. The van der Waals surface area contributed by atoms with Crippen LogP contribution in [0.5, 0.6) is 5.75 Å². The van der Waals surface area contributed by atoms with Gasteiger partial charge in [-0.05, 0) is 74.5 Å². The molecule has 2 heteroatoms. The minimum Gasteiger partial charge on any atom is -0.497 e. The van der Waals surface area contributed by atoms with Gasteiger partial charge in [-0.3, -0.25) is 0 Å². The van der Waals surface area contributed by atoms with Gasteiger partial charge in [0.15, 0.2) is 0 Å². The number of hydrogen-bond donors (Lipinski definition) is 1. The van der Waals surface area contributed by atoms with Crippen LogP contribution in [0.15, 0.2) is 78.9 Å². The zero-order valence-electron chi connectivity index (χ0n) is 17.7. The summed E-state index contributed by atoms with van der Waals surface area (Å²) in [4.78, 5) is 0. The van der Waals surface area contributed by atoms with E-state index in [4.69, 9.17) is 4.74 Å². The van der Waals surface area contributed by atoms with Crippen molar-refractivity contribution < 1.29 is 4.74 Å². The van der Waals surface area contributed by atoms with Gasteiger partial charge < -0.3 is 10.1 Å². The third kappa shape index (κ3) is 6.76. The second-order valence-corrected chi connectivity index (χ2v) is 7.72. The number of rotatable bonds is 11. The number of aryl methyl sites for hydroxylation is 2. The molecule has 0 spiro atoms. The zero-order valence-corrected chi connectivity index (χ0v) is 17.7. The first kappa shape index (κ1) is 21.1. The number of unbranched alkanes of at least 4 members (excludes halogenated alkanes) is 1. The van der Waals surface area contributed by atoms with Gasteiger partial charge in [0.25, 0.3) is 0 Å². The van der Waals surface area contributed by atoms with Crippen molar-refractivity contribution in [3.63, 3.8) is 0 Å². The Balaban J connectivity index is 1.42. The highest BCUT2D eigenvalue weighted by atomic mass is 16.5. The maximum Gasteiger partial charge on any atom is 0.118 e. The molecule has 3 rings (SSSR count). The van der Waals surface area contributed by atoms with E-state index in [0.717, 1.165) is 31.7 Å². The Labute approximate surface area is 175 Å². The first-order valence-corrected chi connectivity index (χ1v) is 10.7. The maximum absolute atomic E-state index is 5.22. The minimum absolute atomic E-state index is 0.448. The molecule has 0 fully saturated rings. The predicted octanol–water partition coefficient (Wildman–Crippen LogP) is 6.14. The molecule has 0 aliphatic rings. The second kappa shape index (κ2) is 11.4. The molecule has 3 aromatic rings. The maximum atomic E-state index is 5.22. The van der Waals surface area contributed by atoms with Crippen LogP contribution >= 0.6 is 0 Å². The van der Waals surface area contributed by atoms with Crippen molar-refractivity contribution in [2.75, 3.05) is 20.2 Å². The SMILES string of the molecule is COc1ccc(CCCCNCCC(c2ccccc2)c2ccc(C)cc2)cc1. The molecule has 0 saturated heterocycles. The highest BCUT2D eigenvalue weighted by Gasteiger charge is 2.13. The summed E-state index contributed by atoms with van der Waals surface area (Å²) in [6.45, 7) is 4.26. The van der Waals surface area contributed by atoms with Crippen LogP contribution in [0.2, 0.25) is 0 Å². The lowest BCUT2D eigenvalue weighted by Gasteiger charge is -2.19. The first-order chi connectivity index (χ1) is 14.3. The number of methoxy groups -OCH3 is 1. The highest BCUT2D eigenvalue weighted by Crippen LogP contribution is 2.27. The minimum atomic E-state index is 0.448. The fourth-order valence-electron chi connectivity index (χ4n) is 3.75. The Morgan fingerprint density at radius 2 is 1.45 bits per heavy atom. The molecule has 0 aliphatic heterocycles. The molecule has 3 aromatic carbocycles. The summed E-state index contributed by atoms with van der Waals surface area (Å²) in [5.74, 6) is 1.38. The van der Waals surface area contributed by atoms with Crippen LogP contribution in [0, 0.1) is 6.92 Å².